The number of aliphatic imine (C=N–C) groups is 1. The average Bonchev–Trinajstić information content (AvgIpc) is 3.10. The number of hydrogen-bond donors (Lipinski definition) is 2. The zero-order chi connectivity index (χ0) is 14.5. The number of nitrogens with zero attached hydrogens (tertiary/aromatic N) is 1. The molecule has 0 bridgehead atoms. The fraction of sp³-hybridized carbons (Fsp3) is 0.933. The molecule has 0 aromatic heterocycles. The van der Waals surface area contributed by atoms with Crippen LogP contribution in [0.5, 0.6) is 0 Å². The second-order valence-electron chi connectivity index (χ2n) is 6.42. The molecule has 0 aromatic rings. The second kappa shape index (κ2) is 6.76. The lowest BCUT2D eigenvalue weighted by atomic mass is 10.0. The molecule has 1 saturated carbocycles. The van der Waals surface area contributed by atoms with E-state index in [1.165, 1.54) is 12.8 Å². The molecule has 1 atom stereocenters. The normalized spacial score (nSPS) is 28.4. The zero-order valence-corrected chi connectivity index (χ0v) is 13.1. The Balaban J connectivity index is 1.70. The Hall–Kier alpha value is -0.810. The Kier molecular flexibility index (Phi) is 5.27. The maximum absolute atomic E-state index is 5.78. The molecular formula is C15H29N3O2. The highest BCUT2D eigenvalue weighted by molar-refractivity contribution is 5.79. The van der Waals surface area contributed by atoms with Gasteiger partial charge in [0.15, 0.2) is 5.96 Å². The van der Waals surface area contributed by atoms with Gasteiger partial charge in [0.2, 0.25) is 0 Å². The molecule has 1 saturated heterocycles. The van der Waals surface area contributed by atoms with E-state index in [0.717, 1.165) is 51.5 Å². The number of nitrogens with one attached hydrogen (secondary N) is 2. The van der Waals surface area contributed by atoms with E-state index in [1.807, 2.05) is 7.05 Å². The molecule has 5 nitrogen and oxygen atoms in total. The van der Waals surface area contributed by atoms with Crippen molar-refractivity contribution >= 4 is 5.96 Å². The van der Waals surface area contributed by atoms with Crippen molar-refractivity contribution in [2.45, 2.75) is 44.6 Å². The van der Waals surface area contributed by atoms with Crippen molar-refractivity contribution in [3.05, 3.63) is 0 Å². The fourth-order valence-corrected chi connectivity index (χ4v) is 2.75. The summed E-state index contributed by atoms with van der Waals surface area (Å²) in [5.41, 5.74) is 0.395. The fourth-order valence-electron chi connectivity index (χ4n) is 2.75. The van der Waals surface area contributed by atoms with Crippen LogP contribution >= 0.6 is 0 Å². The number of guanidine groups is 1. The third-order valence-corrected chi connectivity index (χ3v) is 4.58. The quantitative estimate of drug-likeness (QED) is 0.550. The van der Waals surface area contributed by atoms with Crippen LogP contribution in [-0.2, 0) is 9.47 Å². The van der Waals surface area contributed by atoms with E-state index in [0.29, 0.717) is 5.41 Å². The summed E-state index contributed by atoms with van der Waals surface area (Å²) >= 11 is 0. The van der Waals surface area contributed by atoms with Crippen molar-refractivity contribution in [2.24, 2.45) is 10.4 Å². The molecule has 5 heteroatoms. The third kappa shape index (κ3) is 4.35. The maximum Gasteiger partial charge on any atom is 0.191 e. The Labute approximate surface area is 122 Å². The van der Waals surface area contributed by atoms with Crippen LogP contribution in [0.25, 0.3) is 0 Å². The summed E-state index contributed by atoms with van der Waals surface area (Å²) in [6.07, 6.45) is 6.00. The monoisotopic (exact) mass is 283 g/mol. The summed E-state index contributed by atoms with van der Waals surface area (Å²) in [6.45, 7) is 5.69. The summed E-state index contributed by atoms with van der Waals surface area (Å²) in [6, 6.07) is 0. The minimum Gasteiger partial charge on any atom is -0.385 e. The van der Waals surface area contributed by atoms with Gasteiger partial charge in [0, 0.05) is 40.5 Å². The van der Waals surface area contributed by atoms with Gasteiger partial charge in [0.25, 0.3) is 0 Å². The van der Waals surface area contributed by atoms with Crippen molar-refractivity contribution in [3.8, 4) is 0 Å². The van der Waals surface area contributed by atoms with Gasteiger partial charge in [-0.1, -0.05) is 0 Å². The minimum atomic E-state index is -0.0368. The van der Waals surface area contributed by atoms with Crippen molar-refractivity contribution in [1.29, 1.82) is 0 Å². The predicted molar refractivity (Wildman–Crippen MR) is 81.1 cm³/mol. The Morgan fingerprint density at radius 2 is 2.00 bits per heavy atom. The van der Waals surface area contributed by atoms with E-state index in [9.17, 15) is 0 Å². The molecule has 1 heterocycles. The minimum absolute atomic E-state index is 0.0368. The highest BCUT2D eigenvalue weighted by Crippen LogP contribution is 2.48. The molecule has 0 radical (unpaired) electrons. The molecule has 2 N–H and O–H groups in total. The summed E-state index contributed by atoms with van der Waals surface area (Å²) in [7, 11) is 3.59. The average molecular weight is 283 g/mol. The summed E-state index contributed by atoms with van der Waals surface area (Å²) in [5, 5.41) is 6.84. The van der Waals surface area contributed by atoms with Gasteiger partial charge in [-0.2, -0.15) is 0 Å². The predicted octanol–water partition coefficient (Wildman–Crippen LogP) is 1.54. The Bertz CT molecular complexity index is 334. The molecule has 2 aliphatic rings. The van der Waals surface area contributed by atoms with Gasteiger partial charge in [-0.05, 0) is 44.4 Å². The number of rotatable bonds is 7. The highest BCUT2D eigenvalue weighted by Gasteiger charge is 2.42. The first kappa shape index (κ1) is 15.6. The summed E-state index contributed by atoms with van der Waals surface area (Å²) < 4.78 is 11.0. The molecule has 2 rings (SSSR count). The van der Waals surface area contributed by atoms with Gasteiger partial charge in [-0.15, -0.1) is 0 Å². The van der Waals surface area contributed by atoms with Crippen molar-refractivity contribution < 1.29 is 9.47 Å². The Morgan fingerprint density at radius 3 is 2.55 bits per heavy atom. The topological polar surface area (TPSA) is 54.9 Å². The van der Waals surface area contributed by atoms with Crippen LogP contribution in [0.15, 0.2) is 4.99 Å². The molecule has 116 valence electrons. The van der Waals surface area contributed by atoms with E-state index in [4.69, 9.17) is 9.47 Å². The SMILES string of the molecule is CN=C(NCC1(CCOC)CC1)NCC1(C)CCCO1. The van der Waals surface area contributed by atoms with Crippen LogP contribution < -0.4 is 10.6 Å². The van der Waals surface area contributed by atoms with Crippen LogP contribution in [0.2, 0.25) is 0 Å². The van der Waals surface area contributed by atoms with Gasteiger partial charge < -0.3 is 20.1 Å². The van der Waals surface area contributed by atoms with Crippen LogP contribution in [0.4, 0.5) is 0 Å². The number of methoxy groups -OCH3 is 1. The molecule has 0 amide bonds. The van der Waals surface area contributed by atoms with E-state index < -0.39 is 0 Å². The molecule has 1 aliphatic carbocycles. The largest absolute Gasteiger partial charge is 0.385 e. The first-order valence-corrected chi connectivity index (χ1v) is 7.69. The Morgan fingerprint density at radius 1 is 1.25 bits per heavy atom. The highest BCUT2D eigenvalue weighted by atomic mass is 16.5. The zero-order valence-electron chi connectivity index (χ0n) is 13.1. The lowest BCUT2D eigenvalue weighted by molar-refractivity contribution is 0.0242. The lowest BCUT2D eigenvalue weighted by Crippen LogP contribution is -2.46. The van der Waals surface area contributed by atoms with Gasteiger partial charge in [0.05, 0.1) is 5.60 Å². The molecule has 1 unspecified atom stereocenters. The van der Waals surface area contributed by atoms with Crippen LogP contribution in [0.3, 0.4) is 0 Å². The number of hydrogen-bond acceptors (Lipinski definition) is 3. The van der Waals surface area contributed by atoms with Gasteiger partial charge in [-0.25, -0.2) is 0 Å². The first-order valence-electron chi connectivity index (χ1n) is 7.69. The van der Waals surface area contributed by atoms with Gasteiger partial charge in [-0.3, -0.25) is 4.99 Å². The van der Waals surface area contributed by atoms with Crippen molar-refractivity contribution in [3.63, 3.8) is 0 Å². The second-order valence-corrected chi connectivity index (χ2v) is 6.42. The van der Waals surface area contributed by atoms with Crippen LogP contribution in [0, 0.1) is 5.41 Å². The number of ether oxygens (including phenoxy) is 2. The molecule has 1 aliphatic heterocycles. The van der Waals surface area contributed by atoms with Crippen molar-refractivity contribution in [1.82, 2.24) is 10.6 Å². The lowest BCUT2D eigenvalue weighted by Gasteiger charge is -2.25. The van der Waals surface area contributed by atoms with Gasteiger partial charge in [0.1, 0.15) is 0 Å². The first-order chi connectivity index (χ1) is 9.61. The van der Waals surface area contributed by atoms with E-state index >= 15 is 0 Å². The smallest absolute Gasteiger partial charge is 0.191 e. The summed E-state index contributed by atoms with van der Waals surface area (Å²) in [5.74, 6) is 0.880. The summed E-state index contributed by atoms with van der Waals surface area (Å²) in [4.78, 5) is 4.30. The van der Waals surface area contributed by atoms with E-state index in [-0.39, 0.29) is 5.60 Å². The van der Waals surface area contributed by atoms with Crippen molar-refractivity contribution in [2.75, 3.05) is 40.5 Å². The van der Waals surface area contributed by atoms with Crippen LogP contribution in [-0.4, -0.2) is 52.0 Å². The molecular weight excluding hydrogens is 254 g/mol. The third-order valence-electron chi connectivity index (χ3n) is 4.58. The standard InChI is InChI=1S/C15H29N3O2/c1-14(5-4-9-20-14)11-17-13(16-2)18-12-15(6-7-15)8-10-19-3/h4-12H2,1-3H3,(H2,16,17,18). The molecule has 0 aromatic carbocycles. The van der Waals surface area contributed by atoms with Crippen LogP contribution in [0.1, 0.15) is 39.0 Å². The molecule has 2 fully saturated rings. The van der Waals surface area contributed by atoms with Gasteiger partial charge >= 0.3 is 0 Å². The van der Waals surface area contributed by atoms with E-state index in [2.05, 4.69) is 22.5 Å². The molecule has 0 spiro atoms. The maximum atomic E-state index is 5.78. The molecule has 20 heavy (non-hydrogen) atoms. The van der Waals surface area contributed by atoms with E-state index in [1.54, 1.807) is 7.11 Å².